The monoisotopic (exact) mass is 281 g/mol. The number of rotatable bonds is 4. The van der Waals surface area contributed by atoms with Crippen LogP contribution in [0, 0.1) is 5.82 Å². The molecule has 2 rings (SSSR count). The number of carbonyl (C=O) groups excluding carboxylic acids is 1. The summed E-state index contributed by atoms with van der Waals surface area (Å²) in [5.74, 6) is -0.739. The maximum absolute atomic E-state index is 13.3. The smallest absolute Gasteiger partial charge is 0.158 e. The molecule has 0 aliphatic rings. The summed E-state index contributed by atoms with van der Waals surface area (Å²) in [4.78, 5) is 12.0. The molecule has 0 spiro atoms. The van der Waals surface area contributed by atoms with Gasteiger partial charge >= 0.3 is 0 Å². The number of halogens is 2. The third-order valence-electron chi connectivity index (χ3n) is 2.79. The fraction of sp³-hybridized carbons (Fsp3) is 0.231. The largest absolute Gasteiger partial charge is 0.318 e. The van der Waals surface area contributed by atoms with Crippen molar-refractivity contribution in [3.8, 4) is 0 Å². The minimum absolute atomic E-state index is 0.0350. The summed E-state index contributed by atoms with van der Waals surface area (Å²) in [6, 6.07) is 3.53. The highest BCUT2D eigenvalue weighted by molar-refractivity contribution is 6.30. The molecule has 0 bridgehead atoms. The van der Waals surface area contributed by atoms with Crippen LogP contribution in [-0.4, -0.2) is 15.6 Å². The molecule has 1 aromatic heterocycles. The van der Waals surface area contributed by atoms with Crippen molar-refractivity contribution in [3.05, 3.63) is 52.6 Å². The van der Waals surface area contributed by atoms with E-state index in [1.807, 2.05) is 0 Å². The molecule has 0 amide bonds. The van der Waals surface area contributed by atoms with Crippen molar-refractivity contribution in [1.29, 1.82) is 0 Å². The summed E-state index contributed by atoms with van der Waals surface area (Å²) in [6.07, 6.45) is 3.29. The van der Waals surface area contributed by atoms with Crippen LogP contribution in [0.5, 0.6) is 0 Å². The van der Waals surface area contributed by atoms with E-state index in [9.17, 15) is 9.18 Å². The van der Waals surface area contributed by atoms with Gasteiger partial charge in [0.25, 0.3) is 0 Å². The van der Waals surface area contributed by atoms with Crippen LogP contribution in [0.1, 0.15) is 17.2 Å². The summed E-state index contributed by atoms with van der Waals surface area (Å²) in [7, 11) is 1.75. The van der Waals surface area contributed by atoms with E-state index in [1.165, 1.54) is 12.1 Å². The van der Waals surface area contributed by atoms with Gasteiger partial charge in [0.2, 0.25) is 0 Å². The number of Topliss-reactive ketones (excluding diaryl/α,β-unsaturated/α-hetero) is 1. The minimum Gasteiger partial charge on any atom is -0.318 e. The molecule has 1 aromatic carbocycles. The van der Waals surface area contributed by atoms with Crippen LogP contribution in [-0.2, 0) is 18.3 Å². The zero-order valence-electron chi connectivity index (χ0n) is 10.3. The zero-order chi connectivity index (χ0) is 14.0. The second kappa shape index (κ2) is 5.50. The second-order valence-electron chi connectivity index (χ2n) is 4.32. The third-order valence-corrected chi connectivity index (χ3v) is 3.10. The Labute approximate surface area is 115 Å². The molecule has 0 fully saturated rings. The zero-order valence-corrected chi connectivity index (χ0v) is 11.1. The Bertz CT molecular complexity index is 612. The number of aryl methyl sites for hydroxylation is 1. The lowest BCUT2D eigenvalue weighted by Crippen LogP contribution is -2.22. The Balaban J connectivity index is 2.10. The Kier molecular flexibility index (Phi) is 3.97. The molecule has 4 nitrogen and oxygen atoms in total. The Hall–Kier alpha value is -1.72. The van der Waals surface area contributed by atoms with Gasteiger partial charge in [0, 0.05) is 25.2 Å². The first-order chi connectivity index (χ1) is 8.97. The first kappa shape index (κ1) is 13.7. The molecular weight excluding hydrogens is 269 g/mol. The van der Waals surface area contributed by atoms with Gasteiger partial charge in [0.15, 0.2) is 5.78 Å². The van der Waals surface area contributed by atoms with E-state index in [-0.39, 0.29) is 17.2 Å². The van der Waals surface area contributed by atoms with Gasteiger partial charge in [0.1, 0.15) is 5.82 Å². The molecule has 0 saturated heterocycles. The van der Waals surface area contributed by atoms with E-state index in [4.69, 9.17) is 17.3 Å². The number of carbonyl (C=O) groups is 1. The molecule has 2 N–H and O–H groups in total. The van der Waals surface area contributed by atoms with Gasteiger partial charge < -0.3 is 5.73 Å². The molecular formula is C13H13ClFN3O. The van der Waals surface area contributed by atoms with Crippen LogP contribution in [0.4, 0.5) is 4.39 Å². The first-order valence-corrected chi connectivity index (χ1v) is 6.06. The lowest BCUT2D eigenvalue weighted by molar-refractivity contribution is -0.119. The summed E-state index contributed by atoms with van der Waals surface area (Å²) in [6.45, 7) is 0. The molecule has 1 atom stereocenters. The maximum atomic E-state index is 13.3. The molecule has 100 valence electrons. The normalized spacial score (nSPS) is 12.4. The van der Waals surface area contributed by atoms with Gasteiger partial charge in [-0.3, -0.25) is 9.48 Å². The number of aromatic nitrogens is 2. The third kappa shape index (κ3) is 3.19. The van der Waals surface area contributed by atoms with E-state index in [0.29, 0.717) is 11.1 Å². The van der Waals surface area contributed by atoms with Crippen LogP contribution in [0.2, 0.25) is 5.02 Å². The van der Waals surface area contributed by atoms with Crippen molar-refractivity contribution in [1.82, 2.24) is 9.78 Å². The minimum atomic E-state index is -0.757. The molecule has 1 unspecified atom stereocenters. The predicted molar refractivity (Wildman–Crippen MR) is 70.3 cm³/mol. The summed E-state index contributed by atoms with van der Waals surface area (Å²) >= 11 is 5.58. The molecule has 0 aliphatic carbocycles. The van der Waals surface area contributed by atoms with Gasteiger partial charge in [-0.2, -0.15) is 5.10 Å². The van der Waals surface area contributed by atoms with Crippen molar-refractivity contribution < 1.29 is 9.18 Å². The predicted octanol–water partition coefficient (Wildman–Crippen LogP) is 2.02. The van der Waals surface area contributed by atoms with E-state index < -0.39 is 11.9 Å². The maximum Gasteiger partial charge on any atom is 0.158 e. The number of ketones is 1. The molecule has 0 aliphatic heterocycles. The van der Waals surface area contributed by atoms with Gasteiger partial charge in [-0.1, -0.05) is 17.7 Å². The molecule has 1 heterocycles. The summed E-state index contributed by atoms with van der Waals surface area (Å²) < 4.78 is 14.8. The quantitative estimate of drug-likeness (QED) is 0.933. The highest BCUT2D eigenvalue weighted by atomic mass is 35.5. The highest BCUT2D eigenvalue weighted by Crippen LogP contribution is 2.18. The Morgan fingerprint density at radius 2 is 2.32 bits per heavy atom. The summed E-state index contributed by atoms with van der Waals surface area (Å²) in [5.41, 5.74) is 7.03. The number of hydrogen-bond donors (Lipinski definition) is 1. The SMILES string of the molecule is Cn1cc(C(N)C(=O)Cc2ccc(Cl)c(F)c2)cn1. The fourth-order valence-corrected chi connectivity index (χ4v) is 1.86. The molecule has 6 heteroatoms. The highest BCUT2D eigenvalue weighted by Gasteiger charge is 2.18. The van der Waals surface area contributed by atoms with Crippen LogP contribution in [0.15, 0.2) is 30.6 Å². The molecule has 2 aromatic rings. The fourth-order valence-electron chi connectivity index (χ4n) is 1.75. The van der Waals surface area contributed by atoms with Gasteiger partial charge in [-0.05, 0) is 17.7 Å². The Morgan fingerprint density at radius 3 is 2.89 bits per heavy atom. The number of hydrogen-bond acceptors (Lipinski definition) is 3. The van der Waals surface area contributed by atoms with Gasteiger partial charge in [0.05, 0.1) is 17.3 Å². The van der Waals surface area contributed by atoms with Crippen molar-refractivity contribution >= 4 is 17.4 Å². The molecule has 19 heavy (non-hydrogen) atoms. The number of benzene rings is 1. The van der Waals surface area contributed by atoms with Gasteiger partial charge in [-0.25, -0.2) is 4.39 Å². The lowest BCUT2D eigenvalue weighted by Gasteiger charge is -2.08. The van der Waals surface area contributed by atoms with Crippen molar-refractivity contribution in [2.75, 3.05) is 0 Å². The van der Waals surface area contributed by atoms with Crippen LogP contribution < -0.4 is 5.73 Å². The lowest BCUT2D eigenvalue weighted by atomic mass is 10.0. The topological polar surface area (TPSA) is 60.9 Å². The Morgan fingerprint density at radius 1 is 1.58 bits per heavy atom. The average molecular weight is 282 g/mol. The van der Waals surface area contributed by atoms with Crippen LogP contribution in [0.25, 0.3) is 0 Å². The van der Waals surface area contributed by atoms with E-state index in [0.717, 1.165) is 0 Å². The van der Waals surface area contributed by atoms with E-state index in [1.54, 1.807) is 30.2 Å². The number of nitrogens with two attached hydrogens (primary N) is 1. The van der Waals surface area contributed by atoms with Crippen LogP contribution >= 0.6 is 11.6 Å². The number of nitrogens with zero attached hydrogens (tertiary/aromatic N) is 2. The second-order valence-corrected chi connectivity index (χ2v) is 4.72. The van der Waals surface area contributed by atoms with Crippen molar-refractivity contribution in [3.63, 3.8) is 0 Å². The standard InChI is InChI=1S/C13H13ClFN3O/c1-18-7-9(6-17-18)13(16)12(19)5-8-2-3-10(14)11(15)4-8/h2-4,6-7,13H,5,16H2,1H3. The van der Waals surface area contributed by atoms with E-state index in [2.05, 4.69) is 5.10 Å². The first-order valence-electron chi connectivity index (χ1n) is 5.68. The van der Waals surface area contributed by atoms with Crippen molar-refractivity contribution in [2.45, 2.75) is 12.5 Å². The molecule has 0 saturated carbocycles. The van der Waals surface area contributed by atoms with Gasteiger partial charge in [-0.15, -0.1) is 0 Å². The average Bonchev–Trinajstić information content (AvgIpc) is 2.79. The molecule has 0 radical (unpaired) electrons. The van der Waals surface area contributed by atoms with E-state index >= 15 is 0 Å². The van der Waals surface area contributed by atoms with Crippen molar-refractivity contribution in [2.24, 2.45) is 12.8 Å². The van der Waals surface area contributed by atoms with Crippen LogP contribution in [0.3, 0.4) is 0 Å². The summed E-state index contributed by atoms with van der Waals surface area (Å²) in [5, 5.41) is 3.99.